The van der Waals surface area contributed by atoms with E-state index in [4.69, 9.17) is 0 Å². The number of nitrogens with zero attached hydrogens (tertiary/aromatic N) is 3. The van der Waals surface area contributed by atoms with Crippen LogP contribution < -0.4 is 0 Å². The molecule has 1 amide bonds. The van der Waals surface area contributed by atoms with Crippen molar-refractivity contribution in [2.45, 2.75) is 37.7 Å². The fourth-order valence-corrected chi connectivity index (χ4v) is 3.72. The van der Waals surface area contributed by atoms with Crippen molar-refractivity contribution >= 4 is 33.6 Å². The predicted molar refractivity (Wildman–Crippen MR) is 104 cm³/mol. The molecule has 0 saturated heterocycles. The van der Waals surface area contributed by atoms with E-state index in [1.54, 1.807) is 19.0 Å². The molecule has 2 aromatic rings. The van der Waals surface area contributed by atoms with Crippen molar-refractivity contribution < 1.29 is 4.79 Å². The van der Waals surface area contributed by atoms with Crippen molar-refractivity contribution in [1.82, 2.24) is 14.5 Å². The molecule has 1 unspecified atom stereocenters. The van der Waals surface area contributed by atoms with Crippen LogP contribution in [0.2, 0.25) is 0 Å². The minimum absolute atomic E-state index is 0.101. The highest BCUT2D eigenvalue weighted by Gasteiger charge is 2.21. The Morgan fingerprint density at radius 3 is 2.42 bits per heavy atom. The quantitative estimate of drug-likeness (QED) is 0.657. The SMILES string of the molecule is CC(C)Cn1c(-c2ccc(Br)cc2)cnc1SC(C)C(=O)N(C)C. The molecule has 1 atom stereocenters. The summed E-state index contributed by atoms with van der Waals surface area (Å²) in [6.07, 6.45) is 1.90. The number of carbonyl (C=O) groups excluding carboxylic acids is 1. The smallest absolute Gasteiger partial charge is 0.235 e. The van der Waals surface area contributed by atoms with E-state index in [9.17, 15) is 4.79 Å². The van der Waals surface area contributed by atoms with E-state index < -0.39 is 0 Å². The Morgan fingerprint density at radius 2 is 1.88 bits per heavy atom. The van der Waals surface area contributed by atoms with Gasteiger partial charge in [0.05, 0.1) is 17.1 Å². The number of halogens is 1. The van der Waals surface area contributed by atoms with Crippen LogP contribution in [0.1, 0.15) is 20.8 Å². The van der Waals surface area contributed by atoms with E-state index >= 15 is 0 Å². The Balaban J connectivity index is 2.35. The number of thioether (sulfide) groups is 1. The molecule has 1 aromatic heterocycles. The van der Waals surface area contributed by atoms with Gasteiger partial charge in [0, 0.05) is 25.1 Å². The van der Waals surface area contributed by atoms with Gasteiger partial charge in [0.25, 0.3) is 0 Å². The Hall–Kier alpha value is -1.27. The first-order chi connectivity index (χ1) is 11.3. The molecule has 6 heteroatoms. The topological polar surface area (TPSA) is 38.1 Å². The molecule has 2 rings (SSSR count). The number of amides is 1. The van der Waals surface area contributed by atoms with Gasteiger partial charge in [-0.15, -0.1) is 0 Å². The minimum Gasteiger partial charge on any atom is -0.348 e. The number of rotatable bonds is 6. The highest BCUT2D eigenvalue weighted by Crippen LogP contribution is 2.30. The van der Waals surface area contributed by atoms with Gasteiger partial charge in [-0.3, -0.25) is 4.79 Å². The van der Waals surface area contributed by atoms with Gasteiger partial charge in [-0.1, -0.05) is 53.7 Å². The number of hydrogen-bond acceptors (Lipinski definition) is 3. The Morgan fingerprint density at radius 1 is 1.25 bits per heavy atom. The Labute approximate surface area is 156 Å². The van der Waals surface area contributed by atoms with Crippen LogP contribution in [-0.4, -0.2) is 39.7 Å². The summed E-state index contributed by atoms with van der Waals surface area (Å²) in [6, 6.07) is 8.24. The van der Waals surface area contributed by atoms with E-state index in [0.29, 0.717) is 5.92 Å². The van der Waals surface area contributed by atoms with Crippen LogP contribution in [-0.2, 0) is 11.3 Å². The second kappa shape index (κ2) is 8.21. The fourth-order valence-electron chi connectivity index (χ4n) is 2.42. The highest BCUT2D eigenvalue weighted by molar-refractivity contribution is 9.10. The fraction of sp³-hybridized carbons (Fsp3) is 0.444. The number of aromatic nitrogens is 2. The van der Waals surface area contributed by atoms with E-state index in [-0.39, 0.29) is 11.2 Å². The van der Waals surface area contributed by atoms with Gasteiger partial charge in [0.1, 0.15) is 0 Å². The molecule has 130 valence electrons. The second-order valence-corrected chi connectivity index (χ2v) is 8.65. The normalized spacial score (nSPS) is 12.5. The van der Waals surface area contributed by atoms with Crippen LogP contribution in [0.5, 0.6) is 0 Å². The molecule has 0 aliphatic heterocycles. The largest absolute Gasteiger partial charge is 0.348 e. The molecule has 0 fully saturated rings. The number of benzene rings is 1. The van der Waals surface area contributed by atoms with Crippen LogP contribution in [0.4, 0.5) is 0 Å². The predicted octanol–water partition coefficient (Wildman–Crippen LogP) is 4.54. The number of imidazole rings is 1. The lowest BCUT2D eigenvalue weighted by molar-refractivity contribution is -0.127. The number of carbonyl (C=O) groups is 1. The second-order valence-electron chi connectivity index (χ2n) is 6.43. The zero-order valence-electron chi connectivity index (χ0n) is 14.8. The summed E-state index contributed by atoms with van der Waals surface area (Å²) in [4.78, 5) is 18.4. The van der Waals surface area contributed by atoms with Gasteiger partial charge in [0.2, 0.25) is 5.91 Å². The van der Waals surface area contributed by atoms with E-state index in [1.807, 2.05) is 25.3 Å². The third-order valence-corrected chi connectivity index (χ3v) is 5.20. The Kier molecular flexibility index (Phi) is 6.52. The molecule has 0 aliphatic carbocycles. The maximum Gasteiger partial charge on any atom is 0.235 e. The summed E-state index contributed by atoms with van der Waals surface area (Å²) < 4.78 is 3.28. The van der Waals surface area contributed by atoms with Crippen molar-refractivity contribution in [2.24, 2.45) is 5.92 Å². The molecule has 1 aromatic carbocycles. The van der Waals surface area contributed by atoms with Crippen molar-refractivity contribution in [2.75, 3.05) is 14.1 Å². The van der Waals surface area contributed by atoms with Gasteiger partial charge in [-0.05, 0) is 30.5 Å². The average Bonchev–Trinajstić information content (AvgIpc) is 2.89. The summed E-state index contributed by atoms with van der Waals surface area (Å²) in [5, 5.41) is 0.732. The summed E-state index contributed by atoms with van der Waals surface area (Å²) >= 11 is 4.99. The first-order valence-electron chi connectivity index (χ1n) is 7.99. The molecule has 0 bridgehead atoms. The molecule has 24 heavy (non-hydrogen) atoms. The molecule has 1 heterocycles. The third kappa shape index (κ3) is 4.63. The first kappa shape index (κ1) is 19.1. The van der Waals surface area contributed by atoms with Crippen LogP contribution in [0.25, 0.3) is 11.3 Å². The molecule has 0 saturated carbocycles. The molecule has 4 nitrogen and oxygen atoms in total. The summed E-state index contributed by atoms with van der Waals surface area (Å²) in [7, 11) is 3.57. The van der Waals surface area contributed by atoms with Crippen LogP contribution >= 0.6 is 27.7 Å². The zero-order chi connectivity index (χ0) is 17.9. The van der Waals surface area contributed by atoms with E-state index in [2.05, 4.69) is 51.5 Å². The number of hydrogen-bond donors (Lipinski definition) is 0. The average molecular weight is 410 g/mol. The van der Waals surface area contributed by atoms with Crippen LogP contribution in [0, 0.1) is 5.92 Å². The monoisotopic (exact) mass is 409 g/mol. The lowest BCUT2D eigenvalue weighted by Gasteiger charge is -2.18. The van der Waals surface area contributed by atoms with Crippen molar-refractivity contribution in [1.29, 1.82) is 0 Å². The molecule has 0 spiro atoms. The van der Waals surface area contributed by atoms with Crippen LogP contribution in [0.15, 0.2) is 40.1 Å². The first-order valence-corrected chi connectivity index (χ1v) is 9.66. The van der Waals surface area contributed by atoms with Crippen molar-refractivity contribution in [3.63, 3.8) is 0 Å². The van der Waals surface area contributed by atoms with E-state index in [1.165, 1.54) is 11.8 Å². The lowest BCUT2D eigenvalue weighted by atomic mass is 10.1. The third-order valence-electron chi connectivity index (χ3n) is 3.58. The van der Waals surface area contributed by atoms with Crippen molar-refractivity contribution in [3.05, 3.63) is 34.9 Å². The molecular weight excluding hydrogens is 386 g/mol. The summed E-state index contributed by atoms with van der Waals surface area (Å²) in [5.41, 5.74) is 2.22. The standard InChI is InChI=1S/C18H24BrN3OS/c1-12(2)11-22-16(14-6-8-15(19)9-7-14)10-20-18(22)24-13(3)17(23)21(4)5/h6-10,12-13H,11H2,1-5H3. The Bertz CT molecular complexity index is 695. The minimum atomic E-state index is -0.161. The maximum absolute atomic E-state index is 12.2. The van der Waals surface area contributed by atoms with Gasteiger partial charge in [-0.25, -0.2) is 4.98 Å². The zero-order valence-corrected chi connectivity index (χ0v) is 17.2. The summed E-state index contributed by atoms with van der Waals surface area (Å²) in [6.45, 7) is 7.18. The van der Waals surface area contributed by atoms with Crippen LogP contribution in [0.3, 0.4) is 0 Å². The van der Waals surface area contributed by atoms with Gasteiger partial charge >= 0.3 is 0 Å². The summed E-state index contributed by atoms with van der Waals surface area (Å²) in [5.74, 6) is 0.594. The highest BCUT2D eigenvalue weighted by atomic mass is 79.9. The maximum atomic E-state index is 12.2. The molecule has 0 N–H and O–H groups in total. The molecular formula is C18H24BrN3OS. The van der Waals surface area contributed by atoms with E-state index in [0.717, 1.165) is 27.4 Å². The van der Waals surface area contributed by atoms with Gasteiger partial charge < -0.3 is 9.47 Å². The molecule has 0 aliphatic rings. The van der Waals surface area contributed by atoms with Gasteiger partial charge in [0.15, 0.2) is 5.16 Å². The van der Waals surface area contributed by atoms with Crippen molar-refractivity contribution in [3.8, 4) is 11.3 Å². The van der Waals surface area contributed by atoms with Gasteiger partial charge in [-0.2, -0.15) is 0 Å². The lowest BCUT2D eigenvalue weighted by Crippen LogP contribution is -2.29. The molecule has 0 radical (unpaired) electrons.